The normalized spacial score (nSPS) is 19.1. The van der Waals surface area contributed by atoms with E-state index < -0.39 is 0 Å². The molecule has 104 valence electrons. The quantitative estimate of drug-likeness (QED) is 0.813. The number of nitrogens with one attached hydrogen (secondary N) is 2. The molecule has 0 saturated carbocycles. The van der Waals surface area contributed by atoms with Crippen LogP contribution >= 0.6 is 11.8 Å². The van der Waals surface area contributed by atoms with Crippen molar-refractivity contribution in [2.45, 2.75) is 24.2 Å². The van der Waals surface area contributed by atoms with Crippen molar-refractivity contribution < 1.29 is 4.79 Å². The minimum Gasteiger partial charge on any atom is -0.352 e. The minimum absolute atomic E-state index is 0.0497. The molecule has 0 spiro atoms. The molecule has 1 aromatic rings. The second kappa shape index (κ2) is 7.56. The average molecular weight is 278 g/mol. The Morgan fingerprint density at radius 1 is 1.47 bits per heavy atom. The third kappa shape index (κ3) is 4.25. The summed E-state index contributed by atoms with van der Waals surface area (Å²) in [6.45, 7) is 3.01. The lowest BCUT2D eigenvalue weighted by Gasteiger charge is -2.22. The first-order chi connectivity index (χ1) is 9.31. The number of hydrogen-bond donors (Lipinski definition) is 2. The molecule has 1 fully saturated rings. The maximum Gasteiger partial charge on any atom is 0.252 e. The molecule has 1 aromatic carbocycles. The summed E-state index contributed by atoms with van der Waals surface area (Å²) in [4.78, 5) is 13.2. The van der Waals surface area contributed by atoms with Crippen LogP contribution in [0.1, 0.15) is 29.6 Å². The van der Waals surface area contributed by atoms with Gasteiger partial charge in [-0.2, -0.15) is 0 Å². The molecule has 1 heterocycles. The Morgan fingerprint density at radius 2 is 2.32 bits per heavy atom. The van der Waals surface area contributed by atoms with Gasteiger partial charge in [-0.05, 0) is 56.7 Å². The molecule has 0 radical (unpaired) electrons. The summed E-state index contributed by atoms with van der Waals surface area (Å²) in [5.41, 5.74) is 0.789. The Balaban J connectivity index is 1.80. The standard InChI is InChI=1S/C15H22N2OS/c1-19-14-7-3-2-6-13(14)15(18)17-10-8-12-5-4-9-16-11-12/h2-3,6-7,12,16H,4-5,8-11H2,1H3,(H,17,18). The number of piperidine rings is 1. The van der Waals surface area contributed by atoms with Crippen molar-refractivity contribution in [3.8, 4) is 0 Å². The zero-order valence-electron chi connectivity index (χ0n) is 11.4. The van der Waals surface area contributed by atoms with Crippen molar-refractivity contribution in [3.63, 3.8) is 0 Å². The highest BCUT2D eigenvalue weighted by Crippen LogP contribution is 2.19. The highest BCUT2D eigenvalue weighted by molar-refractivity contribution is 7.98. The van der Waals surface area contributed by atoms with Crippen molar-refractivity contribution >= 4 is 17.7 Å². The number of benzene rings is 1. The molecule has 0 aliphatic carbocycles. The number of amides is 1. The van der Waals surface area contributed by atoms with E-state index in [0.717, 1.165) is 36.5 Å². The van der Waals surface area contributed by atoms with Crippen LogP contribution in [0.3, 0.4) is 0 Å². The lowest BCUT2D eigenvalue weighted by Crippen LogP contribution is -2.33. The van der Waals surface area contributed by atoms with Crippen molar-refractivity contribution in [1.82, 2.24) is 10.6 Å². The summed E-state index contributed by atoms with van der Waals surface area (Å²) in [6, 6.07) is 7.77. The van der Waals surface area contributed by atoms with Crippen LogP contribution in [0, 0.1) is 5.92 Å². The number of carbonyl (C=O) groups excluding carboxylic acids is 1. The Hall–Kier alpha value is -1.00. The van der Waals surface area contributed by atoms with Crippen LogP contribution in [0.2, 0.25) is 0 Å². The molecule has 1 amide bonds. The smallest absolute Gasteiger partial charge is 0.252 e. The van der Waals surface area contributed by atoms with E-state index in [1.807, 2.05) is 30.5 Å². The van der Waals surface area contributed by atoms with E-state index in [1.165, 1.54) is 12.8 Å². The molecule has 1 saturated heterocycles. The third-order valence-corrected chi connectivity index (χ3v) is 4.38. The van der Waals surface area contributed by atoms with Gasteiger partial charge in [0.15, 0.2) is 0 Å². The fourth-order valence-corrected chi connectivity index (χ4v) is 3.08. The van der Waals surface area contributed by atoms with Gasteiger partial charge in [0.05, 0.1) is 5.56 Å². The minimum atomic E-state index is 0.0497. The molecule has 0 bridgehead atoms. The van der Waals surface area contributed by atoms with Gasteiger partial charge in [0.2, 0.25) is 0 Å². The SMILES string of the molecule is CSc1ccccc1C(=O)NCCC1CCCNC1. The van der Waals surface area contributed by atoms with Gasteiger partial charge < -0.3 is 10.6 Å². The largest absolute Gasteiger partial charge is 0.352 e. The van der Waals surface area contributed by atoms with E-state index in [4.69, 9.17) is 0 Å². The number of carbonyl (C=O) groups is 1. The molecular weight excluding hydrogens is 256 g/mol. The fraction of sp³-hybridized carbons (Fsp3) is 0.533. The summed E-state index contributed by atoms with van der Waals surface area (Å²) in [7, 11) is 0. The van der Waals surface area contributed by atoms with E-state index in [2.05, 4.69) is 10.6 Å². The Kier molecular flexibility index (Phi) is 5.73. The summed E-state index contributed by atoms with van der Waals surface area (Å²) < 4.78 is 0. The topological polar surface area (TPSA) is 41.1 Å². The molecule has 3 nitrogen and oxygen atoms in total. The summed E-state index contributed by atoms with van der Waals surface area (Å²) in [6.07, 6.45) is 5.61. The third-order valence-electron chi connectivity index (χ3n) is 3.59. The van der Waals surface area contributed by atoms with Crippen LogP contribution in [-0.2, 0) is 0 Å². The molecule has 1 atom stereocenters. The van der Waals surface area contributed by atoms with Gasteiger partial charge in [-0.1, -0.05) is 12.1 Å². The number of rotatable bonds is 5. The van der Waals surface area contributed by atoms with E-state index in [9.17, 15) is 4.79 Å². The predicted octanol–water partition coefficient (Wildman–Crippen LogP) is 2.53. The Morgan fingerprint density at radius 3 is 3.05 bits per heavy atom. The molecular formula is C15H22N2OS. The van der Waals surface area contributed by atoms with E-state index >= 15 is 0 Å². The second-order valence-electron chi connectivity index (χ2n) is 4.96. The van der Waals surface area contributed by atoms with Gasteiger partial charge in [-0.25, -0.2) is 0 Å². The van der Waals surface area contributed by atoms with Crippen molar-refractivity contribution in [2.24, 2.45) is 5.92 Å². The average Bonchev–Trinajstić information content (AvgIpc) is 2.48. The van der Waals surface area contributed by atoms with Crippen molar-refractivity contribution in [1.29, 1.82) is 0 Å². The Bertz CT molecular complexity index is 416. The van der Waals surface area contributed by atoms with Crippen LogP contribution < -0.4 is 10.6 Å². The van der Waals surface area contributed by atoms with Gasteiger partial charge in [0, 0.05) is 11.4 Å². The zero-order chi connectivity index (χ0) is 13.5. The van der Waals surface area contributed by atoms with Gasteiger partial charge in [-0.15, -0.1) is 11.8 Å². The number of hydrogen-bond acceptors (Lipinski definition) is 3. The van der Waals surface area contributed by atoms with Crippen LogP contribution in [0.25, 0.3) is 0 Å². The van der Waals surface area contributed by atoms with Gasteiger partial charge >= 0.3 is 0 Å². The van der Waals surface area contributed by atoms with Gasteiger partial charge in [-0.3, -0.25) is 4.79 Å². The molecule has 2 rings (SSSR count). The van der Waals surface area contributed by atoms with Crippen LogP contribution in [0.15, 0.2) is 29.2 Å². The molecule has 1 unspecified atom stereocenters. The molecule has 2 N–H and O–H groups in total. The lowest BCUT2D eigenvalue weighted by molar-refractivity contribution is 0.0947. The molecule has 0 aromatic heterocycles. The van der Waals surface area contributed by atoms with Gasteiger partial charge in [0.25, 0.3) is 5.91 Å². The van der Waals surface area contributed by atoms with E-state index in [0.29, 0.717) is 5.92 Å². The van der Waals surface area contributed by atoms with Crippen molar-refractivity contribution in [3.05, 3.63) is 29.8 Å². The first kappa shape index (κ1) is 14.4. The lowest BCUT2D eigenvalue weighted by atomic mass is 9.96. The van der Waals surface area contributed by atoms with Crippen LogP contribution in [0.4, 0.5) is 0 Å². The Labute approximate surface area is 119 Å². The highest BCUT2D eigenvalue weighted by atomic mass is 32.2. The summed E-state index contributed by atoms with van der Waals surface area (Å²) >= 11 is 1.61. The number of thioether (sulfide) groups is 1. The maximum absolute atomic E-state index is 12.1. The first-order valence-electron chi connectivity index (χ1n) is 6.93. The van der Waals surface area contributed by atoms with Crippen molar-refractivity contribution in [2.75, 3.05) is 25.9 Å². The molecule has 1 aliphatic rings. The van der Waals surface area contributed by atoms with E-state index in [1.54, 1.807) is 11.8 Å². The molecule has 4 heteroatoms. The fourth-order valence-electron chi connectivity index (χ4n) is 2.49. The monoisotopic (exact) mass is 278 g/mol. The maximum atomic E-state index is 12.1. The zero-order valence-corrected chi connectivity index (χ0v) is 12.3. The highest BCUT2D eigenvalue weighted by Gasteiger charge is 2.14. The van der Waals surface area contributed by atoms with Crippen LogP contribution in [-0.4, -0.2) is 31.8 Å². The summed E-state index contributed by atoms with van der Waals surface area (Å²) in [5.74, 6) is 0.763. The predicted molar refractivity (Wildman–Crippen MR) is 80.8 cm³/mol. The van der Waals surface area contributed by atoms with E-state index in [-0.39, 0.29) is 5.91 Å². The molecule has 19 heavy (non-hydrogen) atoms. The summed E-state index contributed by atoms with van der Waals surface area (Å²) in [5, 5.41) is 6.45. The first-order valence-corrected chi connectivity index (χ1v) is 8.15. The van der Waals surface area contributed by atoms with Gasteiger partial charge in [0.1, 0.15) is 0 Å². The van der Waals surface area contributed by atoms with Crippen LogP contribution in [0.5, 0.6) is 0 Å². The second-order valence-corrected chi connectivity index (χ2v) is 5.81. The molecule has 1 aliphatic heterocycles.